The Balaban J connectivity index is 2.06. The Hall–Kier alpha value is -1.14. The van der Waals surface area contributed by atoms with Gasteiger partial charge in [-0.25, -0.2) is 4.98 Å². The average molecular weight is 255 g/mol. The van der Waals surface area contributed by atoms with Gasteiger partial charge in [0.25, 0.3) is 0 Å². The topological polar surface area (TPSA) is 56.7 Å². The first-order valence-electron chi connectivity index (χ1n) is 5.67. The predicted octanol–water partition coefficient (Wildman–Crippen LogP) is 0.910. The number of rotatable bonds is 3. The first kappa shape index (κ1) is 12.3. The summed E-state index contributed by atoms with van der Waals surface area (Å²) in [5.41, 5.74) is 0.656. The third kappa shape index (κ3) is 2.95. The molecule has 0 radical (unpaired) electrons. The zero-order valence-corrected chi connectivity index (χ0v) is 10.9. The van der Waals surface area contributed by atoms with Crippen LogP contribution in [0.1, 0.15) is 12.6 Å². The summed E-state index contributed by atoms with van der Waals surface area (Å²) in [6.45, 7) is 5.18. The maximum atomic E-state index is 10.6. The second kappa shape index (κ2) is 5.01. The number of thiazole rings is 1. The van der Waals surface area contributed by atoms with Crippen molar-refractivity contribution >= 4 is 22.4 Å². The van der Waals surface area contributed by atoms with Crippen molar-refractivity contribution in [1.82, 2.24) is 9.88 Å². The third-order valence-electron chi connectivity index (χ3n) is 2.95. The summed E-state index contributed by atoms with van der Waals surface area (Å²) in [7, 11) is 2.12. The predicted molar refractivity (Wildman–Crippen MR) is 67.8 cm³/mol. The van der Waals surface area contributed by atoms with E-state index in [2.05, 4.69) is 28.8 Å². The van der Waals surface area contributed by atoms with Crippen molar-refractivity contribution in [3.8, 4) is 0 Å². The minimum absolute atomic E-state index is 0.0125. The van der Waals surface area contributed by atoms with Gasteiger partial charge in [-0.2, -0.15) is 0 Å². The van der Waals surface area contributed by atoms with Crippen molar-refractivity contribution in [1.29, 1.82) is 0 Å². The van der Waals surface area contributed by atoms with Crippen LogP contribution in [-0.4, -0.2) is 53.7 Å². The summed E-state index contributed by atoms with van der Waals surface area (Å²) in [5, 5.41) is 11.5. The third-order valence-corrected chi connectivity index (χ3v) is 3.87. The molecule has 0 spiro atoms. The Morgan fingerprint density at radius 2 is 2.41 bits per heavy atom. The Bertz CT molecular complexity index is 407. The van der Waals surface area contributed by atoms with Gasteiger partial charge in [-0.05, 0) is 14.0 Å². The Kier molecular flexibility index (Phi) is 3.63. The van der Waals surface area contributed by atoms with Gasteiger partial charge in [-0.15, -0.1) is 11.3 Å². The van der Waals surface area contributed by atoms with Crippen molar-refractivity contribution in [3.05, 3.63) is 11.1 Å². The molecule has 17 heavy (non-hydrogen) atoms. The number of carboxylic acids is 1. The van der Waals surface area contributed by atoms with Crippen LogP contribution in [0.5, 0.6) is 0 Å². The van der Waals surface area contributed by atoms with Gasteiger partial charge in [0.1, 0.15) is 0 Å². The standard InChI is InChI=1S/C11H17N3O2S/c1-8-6-13(2)3-4-14(8)11-12-9(7-17-11)5-10(15)16/h7-8H,3-6H2,1-2H3,(H,15,16). The molecule has 5 nitrogen and oxygen atoms in total. The molecule has 1 N–H and O–H groups in total. The molecule has 0 aromatic carbocycles. The van der Waals surface area contributed by atoms with Gasteiger partial charge in [-0.3, -0.25) is 4.79 Å². The van der Waals surface area contributed by atoms with Crippen molar-refractivity contribution in [2.45, 2.75) is 19.4 Å². The van der Waals surface area contributed by atoms with E-state index < -0.39 is 5.97 Å². The number of piperazine rings is 1. The summed E-state index contributed by atoms with van der Waals surface area (Å²) in [6.07, 6.45) is 0.0125. The van der Waals surface area contributed by atoms with Crippen molar-refractivity contribution in [2.24, 2.45) is 0 Å². The van der Waals surface area contributed by atoms with E-state index in [0.29, 0.717) is 11.7 Å². The molecular weight excluding hydrogens is 238 g/mol. The van der Waals surface area contributed by atoms with Gasteiger partial charge in [0, 0.05) is 31.1 Å². The summed E-state index contributed by atoms with van der Waals surface area (Å²) < 4.78 is 0. The SMILES string of the molecule is CC1CN(C)CCN1c1nc(CC(=O)O)cs1. The number of aromatic nitrogens is 1. The molecule has 0 aliphatic carbocycles. The maximum Gasteiger partial charge on any atom is 0.309 e. The van der Waals surface area contributed by atoms with Crippen LogP contribution < -0.4 is 4.90 Å². The number of hydrogen-bond donors (Lipinski definition) is 1. The molecule has 1 aromatic heterocycles. The lowest BCUT2D eigenvalue weighted by atomic mass is 10.2. The highest BCUT2D eigenvalue weighted by Gasteiger charge is 2.23. The van der Waals surface area contributed by atoms with Gasteiger partial charge in [0.15, 0.2) is 5.13 Å². The van der Waals surface area contributed by atoms with Crippen LogP contribution in [0.2, 0.25) is 0 Å². The van der Waals surface area contributed by atoms with Crippen molar-refractivity contribution < 1.29 is 9.90 Å². The average Bonchev–Trinajstić information content (AvgIpc) is 2.65. The van der Waals surface area contributed by atoms with E-state index in [1.54, 1.807) is 0 Å². The van der Waals surface area contributed by atoms with E-state index >= 15 is 0 Å². The molecule has 2 heterocycles. The van der Waals surface area contributed by atoms with E-state index in [4.69, 9.17) is 5.11 Å². The molecule has 2 rings (SSSR count). The molecule has 1 aliphatic heterocycles. The lowest BCUT2D eigenvalue weighted by Gasteiger charge is -2.38. The molecule has 1 saturated heterocycles. The van der Waals surface area contributed by atoms with Gasteiger partial charge >= 0.3 is 5.97 Å². The molecule has 1 aromatic rings. The fourth-order valence-electron chi connectivity index (χ4n) is 2.09. The van der Waals surface area contributed by atoms with Crippen LogP contribution in [0.3, 0.4) is 0 Å². The number of carbonyl (C=O) groups is 1. The Morgan fingerprint density at radius 1 is 1.65 bits per heavy atom. The lowest BCUT2D eigenvalue weighted by Crippen LogP contribution is -2.50. The minimum atomic E-state index is -0.826. The number of aliphatic carboxylic acids is 1. The molecule has 0 saturated carbocycles. The number of carboxylic acid groups (broad SMARTS) is 1. The zero-order valence-electron chi connectivity index (χ0n) is 10.1. The van der Waals surface area contributed by atoms with Gasteiger partial charge in [-0.1, -0.05) is 0 Å². The fraction of sp³-hybridized carbons (Fsp3) is 0.636. The number of nitrogens with zero attached hydrogens (tertiary/aromatic N) is 3. The summed E-state index contributed by atoms with van der Waals surface area (Å²) in [5.74, 6) is -0.826. The first-order chi connectivity index (χ1) is 8.06. The quantitative estimate of drug-likeness (QED) is 0.870. The van der Waals surface area contributed by atoms with E-state index in [1.807, 2.05) is 5.38 Å². The van der Waals surface area contributed by atoms with Gasteiger partial charge < -0.3 is 14.9 Å². The zero-order chi connectivity index (χ0) is 12.4. The van der Waals surface area contributed by atoms with E-state index in [0.717, 1.165) is 24.8 Å². The van der Waals surface area contributed by atoms with E-state index in [1.165, 1.54) is 11.3 Å². The molecule has 0 bridgehead atoms. The largest absolute Gasteiger partial charge is 0.481 e. The van der Waals surface area contributed by atoms with E-state index in [-0.39, 0.29) is 6.42 Å². The summed E-state index contributed by atoms with van der Waals surface area (Å²) in [4.78, 5) is 19.6. The molecule has 6 heteroatoms. The van der Waals surface area contributed by atoms with Crippen molar-refractivity contribution in [3.63, 3.8) is 0 Å². The Labute approximate surface area is 105 Å². The number of anilines is 1. The van der Waals surface area contributed by atoms with Crippen LogP contribution in [0.25, 0.3) is 0 Å². The molecule has 94 valence electrons. The lowest BCUT2D eigenvalue weighted by molar-refractivity contribution is -0.136. The summed E-state index contributed by atoms with van der Waals surface area (Å²) in [6, 6.07) is 0.428. The second-order valence-electron chi connectivity index (χ2n) is 4.50. The highest BCUT2D eigenvalue weighted by atomic mass is 32.1. The molecule has 1 aliphatic rings. The summed E-state index contributed by atoms with van der Waals surface area (Å²) >= 11 is 1.54. The number of likely N-dealkylation sites (N-methyl/N-ethyl adjacent to an activating group) is 1. The van der Waals surface area contributed by atoms with Gasteiger partial charge in [0.2, 0.25) is 0 Å². The van der Waals surface area contributed by atoms with Gasteiger partial charge in [0.05, 0.1) is 12.1 Å². The molecule has 1 fully saturated rings. The monoisotopic (exact) mass is 255 g/mol. The first-order valence-corrected chi connectivity index (χ1v) is 6.55. The molecular formula is C11H17N3O2S. The highest BCUT2D eigenvalue weighted by Crippen LogP contribution is 2.24. The van der Waals surface area contributed by atoms with Crippen LogP contribution in [0.4, 0.5) is 5.13 Å². The second-order valence-corrected chi connectivity index (χ2v) is 5.33. The highest BCUT2D eigenvalue weighted by molar-refractivity contribution is 7.13. The van der Waals surface area contributed by atoms with Crippen LogP contribution in [-0.2, 0) is 11.2 Å². The smallest absolute Gasteiger partial charge is 0.309 e. The maximum absolute atomic E-state index is 10.6. The van der Waals surface area contributed by atoms with Crippen LogP contribution in [0.15, 0.2) is 5.38 Å². The molecule has 0 amide bonds. The molecule has 1 atom stereocenters. The normalized spacial score (nSPS) is 21.8. The van der Waals surface area contributed by atoms with Crippen LogP contribution in [0, 0.1) is 0 Å². The van der Waals surface area contributed by atoms with Crippen molar-refractivity contribution in [2.75, 3.05) is 31.6 Å². The van der Waals surface area contributed by atoms with Crippen LogP contribution >= 0.6 is 11.3 Å². The van der Waals surface area contributed by atoms with E-state index in [9.17, 15) is 4.79 Å². The Morgan fingerprint density at radius 3 is 3.06 bits per heavy atom. The minimum Gasteiger partial charge on any atom is -0.481 e. The fourth-order valence-corrected chi connectivity index (χ4v) is 3.04. The molecule has 1 unspecified atom stereocenters. The number of hydrogen-bond acceptors (Lipinski definition) is 5.